The topological polar surface area (TPSA) is 96.4 Å². The van der Waals surface area contributed by atoms with Crippen LogP contribution in [0.4, 0.5) is 5.69 Å². The van der Waals surface area contributed by atoms with Crippen LogP contribution in [0.15, 0.2) is 12.3 Å². The summed E-state index contributed by atoms with van der Waals surface area (Å²) in [7, 11) is -3.24. The van der Waals surface area contributed by atoms with Gasteiger partial charge in [0.2, 0.25) is 0 Å². The Kier molecular flexibility index (Phi) is 4.19. The summed E-state index contributed by atoms with van der Waals surface area (Å²) in [6.07, 6.45) is 2.41. The number of hydrogen-bond donors (Lipinski definition) is 2. The molecule has 0 atom stereocenters. The lowest BCUT2D eigenvalue weighted by molar-refractivity contribution is 0.0697. The van der Waals surface area contributed by atoms with E-state index in [1.54, 1.807) is 26.8 Å². The molecule has 7 heteroatoms. The third-order valence-electron chi connectivity index (χ3n) is 2.98. The second kappa shape index (κ2) is 5.16. The molecule has 0 aromatic carbocycles. The van der Waals surface area contributed by atoms with Crippen molar-refractivity contribution in [3.05, 3.63) is 23.5 Å². The minimum absolute atomic E-state index is 0.0231. The Morgan fingerprint density at radius 3 is 2.53 bits per heavy atom. The molecule has 19 heavy (non-hydrogen) atoms. The van der Waals surface area contributed by atoms with E-state index in [2.05, 4.69) is 10.3 Å². The molecule has 0 aliphatic heterocycles. The van der Waals surface area contributed by atoms with Gasteiger partial charge < -0.3 is 10.4 Å². The summed E-state index contributed by atoms with van der Waals surface area (Å²) in [5, 5.41) is 11.9. The third kappa shape index (κ3) is 3.66. The van der Waals surface area contributed by atoms with Crippen molar-refractivity contribution in [2.75, 3.05) is 18.1 Å². The van der Waals surface area contributed by atoms with Crippen molar-refractivity contribution < 1.29 is 18.3 Å². The van der Waals surface area contributed by atoms with E-state index in [1.807, 2.05) is 0 Å². The molecule has 1 aromatic heterocycles. The van der Waals surface area contributed by atoms with Crippen molar-refractivity contribution in [1.82, 2.24) is 4.98 Å². The number of carbonyl (C=O) groups is 1. The van der Waals surface area contributed by atoms with Gasteiger partial charge >= 0.3 is 5.97 Å². The fourth-order valence-electron chi connectivity index (χ4n) is 1.32. The highest BCUT2D eigenvalue weighted by molar-refractivity contribution is 7.92. The highest BCUT2D eigenvalue weighted by Gasteiger charge is 2.30. The molecule has 0 spiro atoms. The quantitative estimate of drug-likeness (QED) is 0.847. The SMILES string of the molecule is Cc1cc(NCC(C)(C)S(C)(=O)=O)c(C(=O)O)cn1. The van der Waals surface area contributed by atoms with E-state index in [0.717, 1.165) is 6.26 Å². The summed E-state index contributed by atoms with van der Waals surface area (Å²) < 4.78 is 22.2. The smallest absolute Gasteiger partial charge is 0.339 e. The summed E-state index contributed by atoms with van der Waals surface area (Å²) >= 11 is 0. The number of sulfone groups is 1. The highest BCUT2D eigenvalue weighted by Crippen LogP contribution is 2.20. The summed E-state index contributed by atoms with van der Waals surface area (Å²) in [4.78, 5) is 15.0. The fourth-order valence-corrected chi connectivity index (χ4v) is 1.65. The first-order valence-electron chi connectivity index (χ1n) is 5.68. The van der Waals surface area contributed by atoms with Gasteiger partial charge in [-0.1, -0.05) is 0 Å². The van der Waals surface area contributed by atoms with Crippen LogP contribution in [-0.2, 0) is 9.84 Å². The number of rotatable bonds is 5. The molecule has 6 nitrogen and oxygen atoms in total. The zero-order chi connectivity index (χ0) is 14.8. The zero-order valence-corrected chi connectivity index (χ0v) is 12.2. The molecule has 0 bridgehead atoms. The largest absolute Gasteiger partial charge is 0.478 e. The molecule has 0 radical (unpaired) electrons. The van der Waals surface area contributed by atoms with Crippen LogP contribution in [0.25, 0.3) is 0 Å². The standard InChI is InChI=1S/C12H18N2O4S/c1-8-5-10(9(6-13-8)11(15)16)14-7-12(2,3)19(4,17)18/h5-6H,7H2,1-4H3,(H,13,14)(H,15,16). The molecule has 106 valence electrons. The number of hydrogen-bond acceptors (Lipinski definition) is 5. The van der Waals surface area contributed by atoms with E-state index in [-0.39, 0.29) is 12.1 Å². The van der Waals surface area contributed by atoms with Crippen molar-refractivity contribution >= 4 is 21.5 Å². The summed E-state index contributed by atoms with van der Waals surface area (Å²) in [6, 6.07) is 1.59. The van der Waals surface area contributed by atoms with E-state index in [9.17, 15) is 13.2 Å². The monoisotopic (exact) mass is 286 g/mol. The molecule has 0 fully saturated rings. The van der Waals surface area contributed by atoms with Gasteiger partial charge in [-0.05, 0) is 26.8 Å². The molecule has 0 aliphatic carbocycles. The van der Waals surface area contributed by atoms with E-state index in [1.165, 1.54) is 6.20 Å². The molecule has 0 saturated heterocycles. The number of carboxylic acids is 1. The summed E-state index contributed by atoms with van der Waals surface area (Å²) in [5.74, 6) is -1.10. The van der Waals surface area contributed by atoms with Gasteiger partial charge in [0.1, 0.15) is 5.56 Å². The first-order valence-corrected chi connectivity index (χ1v) is 7.57. The molecule has 1 heterocycles. The van der Waals surface area contributed by atoms with Gasteiger partial charge in [-0.2, -0.15) is 0 Å². The van der Waals surface area contributed by atoms with Gasteiger partial charge in [0.15, 0.2) is 9.84 Å². The van der Waals surface area contributed by atoms with E-state index in [0.29, 0.717) is 11.4 Å². The number of aryl methyl sites for hydroxylation is 1. The van der Waals surface area contributed by atoms with E-state index in [4.69, 9.17) is 5.11 Å². The minimum atomic E-state index is -3.24. The zero-order valence-electron chi connectivity index (χ0n) is 11.4. The summed E-state index contributed by atoms with van der Waals surface area (Å²) in [5.41, 5.74) is 1.05. The Labute approximate surface area is 112 Å². The van der Waals surface area contributed by atoms with Crippen LogP contribution in [-0.4, -0.2) is 42.0 Å². The minimum Gasteiger partial charge on any atom is -0.478 e. The lowest BCUT2D eigenvalue weighted by Gasteiger charge is -2.24. The van der Waals surface area contributed by atoms with Crippen LogP contribution in [0.1, 0.15) is 29.9 Å². The van der Waals surface area contributed by atoms with Crippen LogP contribution in [0, 0.1) is 6.92 Å². The maximum absolute atomic E-state index is 11.6. The number of pyridine rings is 1. The lowest BCUT2D eigenvalue weighted by Crippen LogP contribution is -2.38. The predicted molar refractivity (Wildman–Crippen MR) is 73.3 cm³/mol. The second-order valence-corrected chi connectivity index (χ2v) is 7.71. The van der Waals surface area contributed by atoms with Crippen molar-refractivity contribution in [3.63, 3.8) is 0 Å². The van der Waals surface area contributed by atoms with Gasteiger partial charge in [-0.15, -0.1) is 0 Å². The lowest BCUT2D eigenvalue weighted by atomic mass is 10.1. The third-order valence-corrected chi connectivity index (χ3v) is 5.13. The molecule has 1 rings (SSSR count). The van der Waals surface area contributed by atoms with Crippen molar-refractivity contribution in [3.8, 4) is 0 Å². The highest BCUT2D eigenvalue weighted by atomic mass is 32.2. The average molecular weight is 286 g/mol. The van der Waals surface area contributed by atoms with E-state index >= 15 is 0 Å². The van der Waals surface area contributed by atoms with E-state index < -0.39 is 20.6 Å². The Morgan fingerprint density at radius 2 is 2.05 bits per heavy atom. The van der Waals surface area contributed by atoms with Crippen LogP contribution in [0.3, 0.4) is 0 Å². The predicted octanol–water partition coefficient (Wildman–Crippen LogP) is 1.32. The van der Waals surface area contributed by atoms with Gasteiger partial charge in [-0.3, -0.25) is 4.98 Å². The molecule has 0 unspecified atom stereocenters. The van der Waals surface area contributed by atoms with Crippen LogP contribution in [0.2, 0.25) is 0 Å². The molecule has 1 aromatic rings. The molecular weight excluding hydrogens is 268 g/mol. The number of carboxylic acid groups (broad SMARTS) is 1. The first-order chi connectivity index (χ1) is 8.54. The Hall–Kier alpha value is -1.63. The fraction of sp³-hybridized carbons (Fsp3) is 0.500. The van der Waals surface area contributed by atoms with Crippen LogP contribution >= 0.6 is 0 Å². The average Bonchev–Trinajstić information content (AvgIpc) is 2.24. The Balaban J connectivity index is 3.01. The molecule has 0 saturated carbocycles. The molecular formula is C12H18N2O4S. The first kappa shape index (κ1) is 15.4. The van der Waals surface area contributed by atoms with Gasteiger partial charge in [0.25, 0.3) is 0 Å². The molecule has 2 N–H and O–H groups in total. The number of nitrogens with one attached hydrogen (secondary N) is 1. The Morgan fingerprint density at radius 1 is 1.47 bits per heavy atom. The number of nitrogens with zero attached hydrogens (tertiary/aromatic N) is 1. The molecule has 0 aliphatic rings. The molecule has 0 amide bonds. The van der Waals surface area contributed by atoms with Crippen molar-refractivity contribution in [1.29, 1.82) is 0 Å². The number of aromatic nitrogens is 1. The van der Waals surface area contributed by atoms with Gasteiger partial charge in [-0.25, -0.2) is 13.2 Å². The maximum atomic E-state index is 11.6. The van der Waals surface area contributed by atoms with Crippen molar-refractivity contribution in [2.45, 2.75) is 25.5 Å². The second-order valence-electron chi connectivity index (χ2n) is 5.06. The summed E-state index contributed by atoms with van der Waals surface area (Å²) in [6.45, 7) is 5.03. The normalized spacial score (nSPS) is 12.2. The van der Waals surface area contributed by atoms with Gasteiger partial charge in [0, 0.05) is 24.7 Å². The number of anilines is 1. The number of aromatic carboxylic acids is 1. The maximum Gasteiger partial charge on any atom is 0.339 e. The van der Waals surface area contributed by atoms with Crippen LogP contribution < -0.4 is 5.32 Å². The van der Waals surface area contributed by atoms with Crippen LogP contribution in [0.5, 0.6) is 0 Å². The van der Waals surface area contributed by atoms with Crippen molar-refractivity contribution in [2.24, 2.45) is 0 Å². The Bertz CT molecular complexity index is 594. The van der Waals surface area contributed by atoms with Gasteiger partial charge in [0.05, 0.1) is 10.4 Å².